The molecule has 0 rings (SSSR count). The van der Waals surface area contributed by atoms with Crippen molar-refractivity contribution in [2.45, 2.75) is 270 Å². The van der Waals surface area contributed by atoms with E-state index >= 15 is 0 Å². The Morgan fingerprint density at radius 2 is 0.909 bits per heavy atom. The highest BCUT2D eigenvalue weighted by Gasteiger charge is 2.28. The number of carbonyl (C=O) groups excluding carboxylic acids is 1. The van der Waals surface area contributed by atoms with Crippen molar-refractivity contribution < 1.29 is 32.9 Å². The molecule has 66 heavy (non-hydrogen) atoms. The summed E-state index contributed by atoms with van der Waals surface area (Å²) in [5.74, 6) is -0.143. The van der Waals surface area contributed by atoms with Gasteiger partial charge in [0.05, 0.1) is 39.9 Å². The number of rotatable bonds is 51. The van der Waals surface area contributed by atoms with Gasteiger partial charge in [-0.1, -0.05) is 249 Å². The molecular formula is C57H110N2O6P+. The van der Waals surface area contributed by atoms with Gasteiger partial charge in [-0.25, -0.2) is 4.57 Å². The van der Waals surface area contributed by atoms with E-state index in [0.717, 1.165) is 64.2 Å². The Morgan fingerprint density at radius 1 is 0.530 bits per heavy atom. The smallest absolute Gasteiger partial charge is 0.391 e. The first-order chi connectivity index (χ1) is 32.0. The SMILES string of the molecule is CC/C=C\C/C=C\C/C=C\C/C=C\CCCCCCCCCCCCCCCCCCCCC(=O)NC(COP(=O)(O)OCC[N+](C)(C)C)C(O)CCCCCCCCCCCCCCC. The van der Waals surface area contributed by atoms with Crippen LogP contribution in [-0.2, 0) is 18.4 Å². The Kier molecular flexibility index (Phi) is 47.4. The molecular weight excluding hydrogens is 840 g/mol. The van der Waals surface area contributed by atoms with E-state index in [1.54, 1.807) is 0 Å². The zero-order chi connectivity index (χ0) is 48.5. The number of quaternary nitrogens is 1. The van der Waals surface area contributed by atoms with Crippen molar-refractivity contribution in [2.24, 2.45) is 0 Å². The molecule has 3 N–H and O–H groups in total. The monoisotopic (exact) mass is 950 g/mol. The third kappa shape index (κ3) is 50.3. The summed E-state index contributed by atoms with van der Waals surface area (Å²) >= 11 is 0. The van der Waals surface area contributed by atoms with Crippen LogP contribution < -0.4 is 5.32 Å². The number of hydrogen-bond donors (Lipinski definition) is 3. The van der Waals surface area contributed by atoms with Gasteiger partial charge in [0, 0.05) is 6.42 Å². The lowest BCUT2D eigenvalue weighted by Crippen LogP contribution is -2.46. The molecule has 0 aromatic carbocycles. The van der Waals surface area contributed by atoms with E-state index in [2.05, 4.69) is 67.8 Å². The van der Waals surface area contributed by atoms with Crippen molar-refractivity contribution in [3.05, 3.63) is 48.6 Å². The van der Waals surface area contributed by atoms with Crippen LogP contribution in [0.5, 0.6) is 0 Å². The molecule has 0 bridgehead atoms. The molecule has 0 saturated heterocycles. The van der Waals surface area contributed by atoms with Crippen molar-refractivity contribution in [3.8, 4) is 0 Å². The highest BCUT2D eigenvalue weighted by Crippen LogP contribution is 2.43. The number of phosphoric acid groups is 1. The lowest BCUT2D eigenvalue weighted by Gasteiger charge is -2.26. The maximum atomic E-state index is 13.0. The van der Waals surface area contributed by atoms with Gasteiger partial charge in [-0.2, -0.15) is 0 Å². The van der Waals surface area contributed by atoms with Crippen LogP contribution in [-0.4, -0.2) is 73.4 Å². The maximum Gasteiger partial charge on any atom is 0.472 e. The summed E-state index contributed by atoms with van der Waals surface area (Å²) in [5, 5.41) is 14.0. The molecule has 3 atom stereocenters. The number of aliphatic hydroxyl groups is 1. The number of hydrogen-bond acceptors (Lipinski definition) is 5. The van der Waals surface area contributed by atoms with E-state index in [4.69, 9.17) is 9.05 Å². The zero-order valence-corrected chi connectivity index (χ0v) is 45.1. The molecule has 8 nitrogen and oxygen atoms in total. The first-order valence-corrected chi connectivity index (χ1v) is 29.5. The molecule has 9 heteroatoms. The van der Waals surface area contributed by atoms with Crippen LogP contribution in [0.25, 0.3) is 0 Å². The highest BCUT2D eigenvalue weighted by atomic mass is 31.2. The van der Waals surface area contributed by atoms with E-state index in [-0.39, 0.29) is 19.1 Å². The topological polar surface area (TPSA) is 105 Å². The van der Waals surface area contributed by atoms with E-state index < -0.39 is 20.0 Å². The molecule has 0 aliphatic heterocycles. The first-order valence-electron chi connectivity index (χ1n) is 28.0. The fourth-order valence-corrected chi connectivity index (χ4v) is 8.95. The largest absolute Gasteiger partial charge is 0.472 e. The minimum Gasteiger partial charge on any atom is -0.391 e. The fourth-order valence-electron chi connectivity index (χ4n) is 8.22. The predicted octanol–water partition coefficient (Wildman–Crippen LogP) is 16.8. The second-order valence-corrected chi connectivity index (χ2v) is 21.7. The molecule has 0 aromatic heterocycles. The normalized spacial score (nSPS) is 14.3. The summed E-state index contributed by atoms with van der Waals surface area (Å²) in [6.45, 7) is 4.79. The molecule has 0 fully saturated rings. The number of allylic oxidation sites excluding steroid dienone is 8. The minimum absolute atomic E-state index is 0.0753. The molecule has 1 amide bonds. The molecule has 0 aliphatic rings. The number of likely N-dealkylation sites (N-methyl/N-ethyl adjacent to an activating group) is 1. The number of unbranched alkanes of at least 4 members (excludes halogenated alkanes) is 30. The highest BCUT2D eigenvalue weighted by molar-refractivity contribution is 7.47. The molecule has 388 valence electrons. The van der Waals surface area contributed by atoms with Crippen LogP contribution >= 0.6 is 7.82 Å². The van der Waals surface area contributed by atoms with Gasteiger partial charge in [-0.3, -0.25) is 13.8 Å². The van der Waals surface area contributed by atoms with E-state index in [0.29, 0.717) is 23.9 Å². The summed E-state index contributed by atoms with van der Waals surface area (Å²) < 4.78 is 23.7. The number of carbonyl (C=O) groups is 1. The molecule has 0 aromatic rings. The Balaban J connectivity index is 4.02. The Labute approximate surface area is 409 Å². The van der Waals surface area contributed by atoms with Crippen LogP contribution in [0.1, 0.15) is 258 Å². The van der Waals surface area contributed by atoms with Gasteiger partial charge in [-0.05, 0) is 51.4 Å². The Morgan fingerprint density at radius 3 is 1.33 bits per heavy atom. The van der Waals surface area contributed by atoms with Gasteiger partial charge in [0.25, 0.3) is 0 Å². The van der Waals surface area contributed by atoms with Gasteiger partial charge in [0.15, 0.2) is 0 Å². The van der Waals surface area contributed by atoms with Gasteiger partial charge >= 0.3 is 7.82 Å². The number of nitrogens with zero attached hydrogens (tertiary/aromatic N) is 1. The van der Waals surface area contributed by atoms with Crippen LogP contribution in [0.15, 0.2) is 48.6 Å². The van der Waals surface area contributed by atoms with Crippen molar-refractivity contribution >= 4 is 13.7 Å². The quantitative estimate of drug-likeness (QED) is 0.0243. The summed E-state index contributed by atoms with van der Waals surface area (Å²) in [4.78, 5) is 23.3. The third-order valence-corrected chi connectivity index (χ3v) is 13.6. The molecule has 0 aliphatic carbocycles. The van der Waals surface area contributed by atoms with Gasteiger partial charge in [0.2, 0.25) is 5.91 Å². The average Bonchev–Trinajstić information content (AvgIpc) is 3.28. The summed E-state index contributed by atoms with van der Waals surface area (Å²) in [6.07, 6.45) is 63.1. The van der Waals surface area contributed by atoms with Gasteiger partial charge in [0.1, 0.15) is 13.2 Å². The lowest BCUT2D eigenvalue weighted by atomic mass is 10.0. The Bertz CT molecular complexity index is 1210. The molecule has 0 heterocycles. The summed E-state index contributed by atoms with van der Waals surface area (Å²) in [5.41, 5.74) is 0. The van der Waals surface area contributed by atoms with Crippen LogP contribution in [0.3, 0.4) is 0 Å². The molecule has 0 radical (unpaired) electrons. The van der Waals surface area contributed by atoms with E-state index in [9.17, 15) is 19.4 Å². The maximum absolute atomic E-state index is 13.0. The number of aliphatic hydroxyl groups excluding tert-OH is 1. The standard InChI is InChI=1S/C57H109N2O6P/c1-6-8-10-12-14-16-18-20-21-22-23-24-25-26-27-28-29-30-31-32-33-34-35-36-37-39-41-43-45-47-49-51-57(61)58-55(54-65-66(62,63)64-53-52-59(3,4)5)56(60)50-48-46-44-42-40-38-19-17-15-13-11-9-7-2/h8,10,14,16,20-21,23-24,55-56,60H,6-7,9,11-13,15,17-19,22,25-54H2,1-5H3,(H-,58,61,62,63)/p+1/b10-8-,16-14-,21-20-,24-23-. The zero-order valence-electron chi connectivity index (χ0n) is 44.2. The number of phosphoric ester groups is 1. The minimum atomic E-state index is -4.32. The second-order valence-electron chi connectivity index (χ2n) is 20.3. The fraction of sp³-hybridized carbons (Fsp3) is 0.842. The van der Waals surface area contributed by atoms with E-state index in [1.165, 1.54) is 167 Å². The van der Waals surface area contributed by atoms with E-state index in [1.807, 2.05) is 21.1 Å². The summed E-state index contributed by atoms with van der Waals surface area (Å²) in [6, 6.07) is -0.759. The van der Waals surface area contributed by atoms with Crippen LogP contribution in [0, 0.1) is 0 Å². The molecule has 0 saturated carbocycles. The van der Waals surface area contributed by atoms with Crippen LogP contribution in [0.4, 0.5) is 0 Å². The lowest BCUT2D eigenvalue weighted by molar-refractivity contribution is -0.870. The molecule has 3 unspecified atom stereocenters. The first kappa shape index (κ1) is 64.5. The molecule has 0 spiro atoms. The van der Waals surface area contributed by atoms with Crippen molar-refractivity contribution in [1.82, 2.24) is 5.32 Å². The third-order valence-electron chi connectivity index (χ3n) is 12.6. The van der Waals surface area contributed by atoms with Gasteiger partial charge in [-0.15, -0.1) is 0 Å². The predicted molar refractivity (Wildman–Crippen MR) is 286 cm³/mol. The van der Waals surface area contributed by atoms with Crippen LogP contribution in [0.2, 0.25) is 0 Å². The van der Waals surface area contributed by atoms with Crippen molar-refractivity contribution in [2.75, 3.05) is 40.9 Å². The average molecular weight is 950 g/mol. The Hall–Kier alpha value is -1.54. The summed E-state index contributed by atoms with van der Waals surface area (Å²) in [7, 11) is 1.62. The number of amides is 1. The second kappa shape index (κ2) is 48.5. The van der Waals surface area contributed by atoms with Gasteiger partial charge < -0.3 is 19.8 Å². The van der Waals surface area contributed by atoms with Crippen molar-refractivity contribution in [3.63, 3.8) is 0 Å². The van der Waals surface area contributed by atoms with Crippen molar-refractivity contribution in [1.29, 1.82) is 0 Å². The number of nitrogens with one attached hydrogen (secondary N) is 1.